The van der Waals surface area contributed by atoms with Crippen LogP contribution in [0.3, 0.4) is 0 Å². The van der Waals surface area contributed by atoms with Crippen LogP contribution in [0.5, 0.6) is 0 Å². The molecule has 0 aromatic heterocycles. The first-order chi connectivity index (χ1) is 14.5. The second-order valence-electron chi connectivity index (χ2n) is 7.64. The van der Waals surface area contributed by atoms with Gasteiger partial charge in [-0.25, -0.2) is 0 Å². The van der Waals surface area contributed by atoms with Gasteiger partial charge in [-0.2, -0.15) is 0 Å². The number of nitrogens with zero attached hydrogens (tertiary/aromatic N) is 1. The second kappa shape index (κ2) is 11.2. The Bertz CT molecular complexity index is 824. The average Bonchev–Trinajstić information content (AvgIpc) is 3.13. The highest BCUT2D eigenvalue weighted by Crippen LogP contribution is 2.38. The monoisotopic (exact) mass is 426 g/mol. The molecule has 30 heavy (non-hydrogen) atoms. The molecule has 1 saturated heterocycles. The molecule has 3 rings (SSSR count). The standard InChI is InChI=1S/C24H30N2O3S/c1-18(2)29-16-6-14-25-23(28)20-9-11-21(12-10-20)24-26(22(27)17-30-24)15-13-19-7-4-3-5-8-19/h3-5,7-12,18,24H,6,13-17H2,1-2H3,(H,25,28)/t24-/m0/s1. The van der Waals surface area contributed by atoms with Gasteiger partial charge in [0.15, 0.2) is 0 Å². The molecule has 2 amide bonds. The van der Waals surface area contributed by atoms with Crippen molar-refractivity contribution < 1.29 is 14.3 Å². The lowest BCUT2D eigenvalue weighted by molar-refractivity contribution is -0.128. The molecule has 1 atom stereocenters. The van der Waals surface area contributed by atoms with E-state index in [1.165, 1.54) is 5.56 Å². The Balaban J connectivity index is 1.53. The highest BCUT2D eigenvalue weighted by molar-refractivity contribution is 8.00. The summed E-state index contributed by atoms with van der Waals surface area (Å²) in [6, 6.07) is 17.8. The van der Waals surface area contributed by atoms with Crippen LogP contribution in [-0.2, 0) is 16.0 Å². The first-order valence-electron chi connectivity index (χ1n) is 10.5. The highest BCUT2D eigenvalue weighted by Gasteiger charge is 2.32. The zero-order valence-corrected chi connectivity index (χ0v) is 18.5. The molecule has 1 aliphatic rings. The van der Waals surface area contributed by atoms with Crippen LogP contribution in [0.4, 0.5) is 0 Å². The van der Waals surface area contributed by atoms with Gasteiger partial charge in [-0.05, 0) is 49.9 Å². The third-order valence-corrected chi connectivity index (χ3v) is 6.22. The van der Waals surface area contributed by atoms with Crippen molar-refractivity contribution in [2.24, 2.45) is 0 Å². The van der Waals surface area contributed by atoms with E-state index in [4.69, 9.17) is 4.74 Å². The Kier molecular flexibility index (Phi) is 8.34. The quantitative estimate of drug-likeness (QED) is 0.583. The molecule has 160 valence electrons. The molecular weight excluding hydrogens is 396 g/mol. The first-order valence-corrected chi connectivity index (χ1v) is 11.5. The summed E-state index contributed by atoms with van der Waals surface area (Å²) in [5.74, 6) is 0.591. The van der Waals surface area contributed by atoms with E-state index < -0.39 is 0 Å². The largest absolute Gasteiger partial charge is 0.379 e. The predicted octanol–water partition coefficient (Wildman–Crippen LogP) is 4.05. The van der Waals surface area contributed by atoms with Crippen LogP contribution >= 0.6 is 11.8 Å². The minimum Gasteiger partial charge on any atom is -0.379 e. The predicted molar refractivity (Wildman–Crippen MR) is 122 cm³/mol. The zero-order chi connectivity index (χ0) is 21.3. The number of amides is 2. The molecule has 0 bridgehead atoms. The highest BCUT2D eigenvalue weighted by atomic mass is 32.2. The van der Waals surface area contributed by atoms with E-state index in [2.05, 4.69) is 17.4 Å². The number of benzene rings is 2. The van der Waals surface area contributed by atoms with E-state index in [9.17, 15) is 9.59 Å². The molecule has 1 heterocycles. The van der Waals surface area contributed by atoms with Crippen molar-refractivity contribution in [3.63, 3.8) is 0 Å². The Morgan fingerprint density at radius 3 is 2.60 bits per heavy atom. The van der Waals surface area contributed by atoms with Crippen molar-refractivity contribution in [2.75, 3.05) is 25.4 Å². The molecule has 0 unspecified atom stereocenters. The van der Waals surface area contributed by atoms with Crippen LogP contribution in [0.25, 0.3) is 0 Å². The van der Waals surface area contributed by atoms with Crippen molar-refractivity contribution in [3.05, 3.63) is 71.3 Å². The molecule has 6 heteroatoms. The van der Waals surface area contributed by atoms with E-state index >= 15 is 0 Å². The van der Waals surface area contributed by atoms with E-state index in [0.717, 1.165) is 18.4 Å². The van der Waals surface area contributed by atoms with Crippen molar-refractivity contribution in [1.29, 1.82) is 0 Å². The first kappa shape index (κ1) is 22.4. The van der Waals surface area contributed by atoms with Gasteiger partial charge >= 0.3 is 0 Å². The van der Waals surface area contributed by atoms with Crippen LogP contribution < -0.4 is 5.32 Å². The van der Waals surface area contributed by atoms with Crippen molar-refractivity contribution in [2.45, 2.75) is 38.2 Å². The van der Waals surface area contributed by atoms with Gasteiger partial charge in [-0.1, -0.05) is 42.5 Å². The molecule has 0 saturated carbocycles. The van der Waals surface area contributed by atoms with Gasteiger partial charge in [0.1, 0.15) is 5.37 Å². The van der Waals surface area contributed by atoms with E-state index in [1.807, 2.05) is 61.2 Å². The molecular formula is C24H30N2O3S. The molecule has 5 nitrogen and oxygen atoms in total. The summed E-state index contributed by atoms with van der Waals surface area (Å²) in [5, 5.41) is 2.93. The zero-order valence-electron chi connectivity index (χ0n) is 17.7. The molecule has 1 aliphatic heterocycles. The number of thioether (sulfide) groups is 1. The number of hydrogen-bond donors (Lipinski definition) is 1. The third-order valence-electron chi connectivity index (χ3n) is 4.97. The number of carbonyl (C=O) groups excluding carboxylic acids is 2. The van der Waals surface area contributed by atoms with Gasteiger partial charge in [0, 0.05) is 25.3 Å². The SMILES string of the molecule is CC(C)OCCCNC(=O)c1ccc([C@@H]2SCC(=O)N2CCc2ccccc2)cc1. The Hall–Kier alpha value is -2.31. The van der Waals surface area contributed by atoms with E-state index in [1.54, 1.807) is 11.8 Å². The normalized spacial score (nSPS) is 16.3. The van der Waals surface area contributed by atoms with Crippen molar-refractivity contribution in [1.82, 2.24) is 10.2 Å². The maximum atomic E-state index is 12.4. The van der Waals surface area contributed by atoms with Crippen LogP contribution in [0.2, 0.25) is 0 Å². The average molecular weight is 427 g/mol. The Labute approximate surface area is 183 Å². The second-order valence-corrected chi connectivity index (χ2v) is 8.71. The van der Waals surface area contributed by atoms with Gasteiger partial charge in [0.2, 0.25) is 5.91 Å². The fourth-order valence-electron chi connectivity index (χ4n) is 3.36. The molecule has 2 aromatic carbocycles. The number of hydrogen-bond acceptors (Lipinski definition) is 4. The minimum absolute atomic E-state index is 0.00602. The molecule has 0 aliphatic carbocycles. The van der Waals surface area contributed by atoms with Gasteiger partial charge in [-0.3, -0.25) is 9.59 Å². The van der Waals surface area contributed by atoms with E-state index in [0.29, 0.717) is 31.0 Å². The van der Waals surface area contributed by atoms with Crippen molar-refractivity contribution >= 4 is 23.6 Å². The minimum atomic E-state index is -0.0813. The van der Waals surface area contributed by atoms with E-state index in [-0.39, 0.29) is 23.3 Å². The van der Waals surface area contributed by atoms with Gasteiger partial charge < -0.3 is 15.0 Å². The maximum absolute atomic E-state index is 12.4. The Morgan fingerprint density at radius 2 is 1.90 bits per heavy atom. The summed E-state index contributed by atoms with van der Waals surface area (Å²) in [6.07, 6.45) is 1.84. The third kappa shape index (κ3) is 6.34. The number of nitrogens with one attached hydrogen (secondary N) is 1. The smallest absolute Gasteiger partial charge is 0.251 e. The number of ether oxygens (including phenoxy) is 1. The lowest BCUT2D eigenvalue weighted by atomic mass is 10.1. The summed E-state index contributed by atoms with van der Waals surface area (Å²) in [4.78, 5) is 26.7. The van der Waals surface area contributed by atoms with Gasteiger partial charge in [-0.15, -0.1) is 11.8 Å². The van der Waals surface area contributed by atoms with Crippen LogP contribution in [0, 0.1) is 0 Å². The van der Waals surface area contributed by atoms with Gasteiger partial charge in [0.25, 0.3) is 5.91 Å². The van der Waals surface area contributed by atoms with Gasteiger partial charge in [0.05, 0.1) is 11.9 Å². The summed E-state index contributed by atoms with van der Waals surface area (Å²) in [7, 11) is 0. The summed E-state index contributed by atoms with van der Waals surface area (Å²) in [6.45, 7) is 5.93. The number of carbonyl (C=O) groups is 2. The molecule has 2 aromatic rings. The lowest BCUT2D eigenvalue weighted by Crippen LogP contribution is -2.30. The van der Waals surface area contributed by atoms with Crippen LogP contribution in [0.15, 0.2) is 54.6 Å². The van der Waals surface area contributed by atoms with Crippen LogP contribution in [-0.4, -0.2) is 48.3 Å². The molecule has 1 fully saturated rings. The summed E-state index contributed by atoms with van der Waals surface area (Å²) in [5.41, 5.74) is 2.92. The van der Waals surface area contributed by atoms with Crippen LogP contribution in [0.1, 0.15) is 47.1 Å². The Morgan fingerprint density at radius 1 is 1.17 bits per heavy atom. The molecule has 0 spiro atoms. The summed E-state index contributed by atoms with van der Waals surface area (Å²) >= 11 is 1.64. The molecule has 1 N–H and O–H groups in total. The summed E-state index contributed by atoms with van der Waals surface area (Å²) < 4.78 is 5.48. The number of rotatable bonds is 10. The fourth-order valence-corrected chi connectivity index (χ4v) is 4.58. The molecule has 0 radical (unpaired) electrons. The maximum Gasteiger partial charge on any atom is 0.251 e. The fraction of sp³-hybridized carbons (Fsp3) is 0.417. The lowest BCUT2D eigenvalue weighted by Gasteiger charge is -2.24. The van der Waals surface area contributed by atoms with Crippen molar-refractivity contribution in [3.8, 4) is 0 Å². The topological polar surface area (TPSA) is 58.6 Å².